The van der Waals surface area contributed by atoms with Crippen molar-refractivity contribution >= 4 is 17.6 Å². The van der Waals surface area contributed by atoms with Gasteiger partial charge in [0.2, 0.25) is 5.95 Å². The van der Waals surface area contributed by atoms with Crippen LogP contribution in [0.3, 0.4) is 0 Å². The van der Waals surface area contributed by atoms with Gasteiger partial charge < -0.3 is 10.6 Å². The van der Waals surface area contributed by atoms with Crippen molar-refractivity contribution in [2.24, 2.45) is 0 Å². The van der Waals surface area contributed by atoms with Gasteiger partial charge in [0.1, 0.15) is 5.82 Å². The normalized spacial score (nSPS) is 15.0. The van der Waals surface area contributed by atoms with Gasteiger partial charge in [0.05, 0.1) is 0 Å². The van der Waals surface area contributed by atoms with Gasteiger partial charge in [-0.15, -0.1) is 0 Å². The van der Waals surface area contributed by atoms with Crippen LogP contribution in [0.5, 0.6) is 0 Å². The van der Waals surface area contributed by atoms with E-state index in [2.05, 4.69) is 49.9 Å². The molecule has 6 heteroatoms. The smallest absolute Gasteiger partial charge is 0.230 e. The monoisotopic (exact) mass is 334 g/mol. The summed E-state index contributed by atoms with van der Waals surface area (Å²) in [6, 6.07) is 12.5. The van der Waals surface area contributed by atoms with Crippen LogP contribution >= 0.6 is 0 Å². The van der Waals surface area contributed by atoms with Crippen molar-refractivity contribution in [3.05, 3.63) is 59.4 Å². The summed E-state index contributed by atoms with van der Waals surface area (Å²) in [6.07, 6.45) is 4.31. The molecule has 4 rings (SSSR count). The van der Waals surface area contributed by atoms with Crippen molar-refractivity contribution in [2.45, 2.75) is 38.6 Å². The Kier molecular flexibility index (Phi) is 4.09. The predicted octanol–water partition coefficient (Wildman–Crippen LogP) is 4.30. The predicted molar refractivity (Wildman–Crippen MR) is 99.1 cm³/mol. The number of H-pyrrole nitrogens is 1. The van der Waals surface area contributed by atoms with Gasteiger partial charge in [-0.3, -0.25) is 5.10 Å². The molecule has 3 aromatic rings. The minimum atomic E-state index is 0.162. The highest BCUT2D eigenvalue weighted by Gasteiger charge is 2.25. The molecule has 2 heterocycles. The summed E-state index contributed by atoms with van der Waals surface area (Å²) in [7, 11) is 0. The van der Waals surface area contributed by atoms with Gasteiger partial charge in [-0.05, 0) is 32.3 Å². The Morgan fingerprint density at radius 3 is 2.76 bits per heavy atom. The second-order valence-corrected chi connectivity index (χ2v) is 6.61. The molecule has 0 radical (unpaired) electrons. The average molecular weight is 334 g/mol. The first-order chi connectivity index (χ1) is 12.2. The topological polar surface area (TPSA) is 78.5 Å². The van der Waals surface area contributed by atoms with Crippen molar-refractivity contribution < 1.29 is 0 Å². The summed E-state index contributed by atoms with van der Waals surface area (Å²) in [6.45, 7) is 4.13. The number of aromatic amines is 1. The molecule has 1 atom stereocenters. The quantitative estimate of drug-likeness (QED) is 0.626. The van der Waals surface area contributed by atoms with Crippen LogP contribution in [0.1, 0.15) is 48.5 Å². The number of benzene rings is 1. The van der Waals surface area contributed by atoms with Crippen LogP contribution in [0.4, 0.5) is 17.6 Å². The lowest BCUT2D eigenvalue weighted by Gasteiger charge is -2.17. The molecular formula is C19H22N6. The number of aryl methyl sites for hydroxylation is 1. The molecule has 1 aliphatic carbocycles. The van der Waals surface area contributed by atoms with E-state index in [1.807, 2.05) is 37.4 Å². The van der Waals surface area contributed by atoms with Crippen LogP contribution in [0.25, 0.3) is 0 Å². The van der Waals surface area contributed by atoms with E-state index >= 15 is 0 Å². The molecule has 1 fully saturated rings. The maximum absolute atomic E-state index is 4.62. The molecule has 1 aliphatic rings. The van der Waals surface area contributed by atoms with Gasteiger partial charge in [0.25, 0.3) is 0 Å². The largest absolute Gasteiger partial charge is 0.363 e. The number of anilines is 3. The van der Waals surface area contributed by atoms with Crippen LogP contribution in [0.2, 0.25) is 0 Å². The summed E-state index contributed by atoms with van der Waals surface area (Å²) in [5.41, 5.74) is 3.41. The number of hydrogen-bond donors (Lipinski definition) is 3. The molecule has 0 saturated heterocycles. The SMILES string of the molecule is Cc1cnc(Nc2cc(C3CC3)[nH]n2)nc1NC(C)c1ccccc1. The lowest BCUT2D eigenvalue weighted by atomic mass is 10.1. The first-order valence-corrected chi connectivity index (χ1v) is 8.66. The van der Waals surface area contributed by atoms with Crippen molar-refractivity contribution in [1.29, 1.82) is 0 Å². The maximum Gasteiger partial charge on any atom is 0.230 e. The van der Waals surface area contributed by atoms with Crippen LogP contribution in [0, 0.1) is 6.92 Å². The van der Waals surface area contributed by atoms with Crippen LogP contribution in [0.15, 0.2) is 42.6 Å². The molecule has 1 unspecified atom stereocenters. The Morgan fingerprint density at radius 2 is 2.00 bits per heavy atom. The second kappa shape index (κ2) is 6.55. The standard InChI is InChI=1S/C19H22N6/c1-12-11-20-19(22-17-10-16(24-25-17)15-8-9-15)23-18(12)21-13(2)14-6-4-3-5-7-14/h3-7,10-11,13,15H,8-9H2,1-2H3,(H3,20,21,22,23,24,25). The minimum Gasteiger partial charge on any atom is -0.363 e. The highest BCUT2D eigenvalue weighted by Crippen LogP contribution is 2.39. The Morgan fingerprint density at radius 1 is 1.20 bits per heavy atom. The van der Waals surface area contributed by atoms with Gasteiger partial charge in [0, 0.05) is 35.5 Å². The average Bonchev–Trinajstić information content (AvgIpc) is 3.38. The molecule has 6 nitrogen and oxygen atoms in total. The van der Waals surface area contributed by atoms with Crippen molar-refractivity contribution in [2.75, 3.05) is 10.6 Å². The first-order valence-electron chi connectivity index (χ1n) is 8.66. The highest BCUT2D eigenvalue weighted by molar-refractivity contribution is 5.53. The Labute approximate surface area is 147 Å². The third-order valence-electron chi connectivity index (χ3n) is 4.48. The van der Waals surface area contributed by atoms with E-state index < -0.39 is 0 Å². The van der Waals surface area contributed by atoms with Crippen molar-refractivity contribution in [1.82, 2.24) is 20.2 Å². The van der Waals surface area contributed by atoms with Gasteiger partial charge in [-0.25, -0.2) is 4.98 Å². The molecule has 25 heavy (non-hydrogen) atoms. The summed E-state index contributed by atoms with van der Waals surface area (Å²) in [5.74, 6) is 2.77. The maximum atomic E-state index is 4.62. The number of rotatable bonds is 6. The zero-order chi connectivity index (χ0) is 17.2. The van der Waals surface area contributed by atoms with Gasteiger partial charge in [-0.2, -0.15) is 10.1 Å². The van der Waals surface area contributed by atoms with E-state index in [0.29, 0.717) is 11.9 Å². The zero-order valence-electron chi connectivity index (χ0n) is 14.5. The number of nitrogens with zero attached hydrogens (tertiary/aromatic N) is 3. The van der Waals surface area contributed by atoms with E-state index in [0.717, 1.165) is 17.2 Å². The molecule has 0 aliphatic heterocycles. The molecule has 128 valence electrons. The van der Waals surface area contributed by atoms with E-state index in [1.54, 1.807) is 0 Å². The number of hydrogen-bond acceptors (Lipinski definition) is 5. The van der Waals surface area contributed by atoms with Crippen LogP contribution in [-0.2, 0) is 0 Å². The van der Waals surface area contributed by atoms with Crippen molar-refractivity contribution in [3.8, 4) is 0 Å². The molecule has 0 spiro atoms. The molecule has 3 N–H and O–H groups in total. The Bertz CT molecular complexity index is 853. The second-order valence-electron chi connectivity index (χ2n) is 6.61. The minimum absolute atomic E-state index is 0.162. The fraction of sp³-hybridized carbons (Fsp3) is 0.316. The van der Waals surface area contributed by atoms with E-state index in [1.165, 1.54) is 24.1 Å². The lowest BCUT2D eigenvalue weighted by Crippen LogP contribution is -2.10. The summed E-state index contributed by atoms with van der Waals surface area (Å²) in [4.78, 5) is 8.98. The zero-order valence-corrected chi connectivity index (χ0v) is 14.5. The Balaban J connectivity index is 1.49. The van der Waals surface area contributed by atoms with E-state index in [9.17, 15) is 0 Å². The van der Waals surface area contributed by atoms with Gasteiger partial charge in [-0.1, -0.05) is 30.3 Å². The van der Waals surface area contributed by atoms with E-state index in [-0.39, 0.29) is 6.04 Å². The molecular weight excluding hydrogens is 312 g/mol. The highest BCUT2D eigenvalue weighted by atomic mass is 15.2. The van der Waals surface area contributed by atoms with Crippen LogP contribution < -0.4 is 10.6 Å². The fourth-order valence-electron chi connectivity index (χ4n) is 2.80. The number of nitrogens with one attached hydrogen (secondary N) is 3. The molecule has 1 saturated carbocycles. The lowest BCUT2D eigenvalue weighted by molar-refractivity contribution is 0.869. The Hall–Kier alpha value is -2.89. The third-order valence-corrected chi connectivity index (χ3v) is 4.48. The van der Waals surface area contributed by atoms with E-state index in [4.69, 9.17) is 0 Å². The van der Waals surface area contributed by atoms with Gasteiger partial charge >= 0.3 is 0 Å². The molecule has 0 amide bonds. The first kappa shape index (κ1) is 15.6. The van der Waals surface area contributed by atoms with Gasteiger partial charge in [0.15, 0.2) is 5.82 Å². The molecule has 2 aromatic heterocycles. The third kappa shape index (κ3) is 3.63. The van der Waals surface area contributed by atoms with Crippen LogP contribution in [-0.4, -0.2) is 20.2 Å². The summed E-state index contributed by atoms with van der Waals surface area (Å²) < 4.78 is 0. The van der Waals surface area contributed by atoms with Crippen molar-refractivity contribution in [3.63, 3.8) is 0 Å². The molecule has 1 aromatic carbocycles. The number of aromatic nitrogens is 4. The fourth-order valence-corrected chi connectivity index (χ4v) is 2.80. The summed E-state index contributed by atoms with van der Waals surface area (Å²) in [5, 5.41) is 14.0. The molecule has 0 bridgehead atoms. The summed E-state index contributed by atoms with van der Waals surface area (Å²) >= 11 is 0.